The lowest BCUT2D eigenvalue weighted by molar-refractivity contribution is -0.274. The second-order valence-corrected chi connectivity index (χ2v) is 5.51. The number of benzene rings is 1. The lowest BCUT2D eigenvalue weighted by Crippen LogP contribution is -2.32. The Balaban J connectivity index is 0.00000264. The van der Waals surface area contributed by atoms with E-state index in [4.69, 9.17) is 10.5 Å². The molecule has 0 heterocycles. The second kappa shape index (κ2) is 8.08. The van der Waals surface area contributed by atoms with E-state index in [0.29, 0.717) is 5.56 Å². The Kier molecular flexibility index (Phi) is 6.98. The summed E-state index contributed by atoms with van der Waals surface area (Å²) in [6, 6.07) is 3.00. The molecule has 0 unspecified atom stereocenters. The molecule has 1 fully saturated rings. The van der Waals surface area contributed by atoms with Crippen LogP contribution in [0.15, 0.2) is 18.2 Å². The van der Waals surface area contributed by atoms with Crippen molar-refractivity contribution in [2.24, 2.45) is 11.7 Å². The summed E-state index contributed by atoms with van der Waals surface area (Å²) in [6.45, 7) is 0. The molecule has 2 atom stereocenters. The molecular weight excluding hydrogens is 335 g/mol. The molecule has 3 N–H and O–H groups in total. The summed E-state index contributed by atoms with van der Waals surface area (Å²) in [5, 5.41) is 10.4. The van der Waals surface area contributed by atoms with Crippen LogP contribution in [0.4, 0.5) is 13.2 Å². The zero-order chi connectivity index (χ0) is 16.3. The van der Waals surface area contributed by atoms with Crippen molar-refractivity contribution in [2.45, 2.75) is 44.2 Å². The molecule has 0 saturated heterocycles. The highest BCUT2D eigenvalue weighted by atomic mass is 35.5. The molecule has 2 rings (SSSR count). The average Bonchev–Trinajstić information content (AvgIpc) is 2.98. The first kappa shape index (κ1) is 19.9. The van der Waals surface area contributed by atoms with Crippen LogP contribution in [0.3, 0.4) is 0 Å². The summed E-state index contributed by atoms with van der Waals surface area (Å²) in [4.78, 5) is 0. The highest BCUT2D eigenvalue weighted by Crippen LogP contribution is 2.37. The van der Waals surface area contributed by atoms with Crippen LogP contribution in [-0.4, -0.2) is 24.7 Å². The predicted octanol–water partition coefficient (Wildman–Crippen LogP) is 3.57. The molecule has 4 nitrogen and oxygen atoms in total. The van der Waals surface area contributed by atoms with E-state index in [-0.39, 0.29) is 29.8 Å². The molecule has 1 saturated carbocycles. The van der Waals surface area contributed by atoms with Gasteiger partial charge in [-0.3, -0.25) is 0 Å². The fourth-order valence-electron chi connectivity index (χ4n) is 2.94. The maximum Gasteiger partial charge on any atom is 0.573 e. The number of hydrogen-bond acceptors (Lipinski definition) is 4. The van der Waals surface area contributed by atoms with Gasteiger partial charge in [0, 0.05) is 11.6 Å². The summed E-state index contributed by atoms with van der Waals surface area (Å²) in [6.07, 6.45) is -1.57. The van der Waals surface area contributed by atoms with Gasteiger partial charge in [0.05, 0.1) is 19.3 Å². The van der Waals surface area contributed by atoms with Crippen molar-refractivity contribution in [1.29, 1.82) is 0 Å². The molecule has 0 spiro atoms. The summed E-state index contributed by atoms with van der Waals surface area (Å²) in [5.74, 6) is -0.0900. The van der Waals surface area contributed by atoms with Crippen LogP contribution in [0.25, 0.3) is 0 Å². The minimum atomic E-state index is -4.77. The van der Waals surface area contributed by atoms with Crippen LogP contribution in [0.5, 0.6) is 11.5 Å². The fraction of sp³-hybridized carbons (Fsp3) is 0.600. The maximum atomic E-state index is 12.2. The summed E-state index contributed by atoms with van der Waals surface area (Å²) in [5.41, 5.74) is 6.55. The zero-order valence-corrected chi connectivity index (χ0v) is 13.5. The Morgan fingerprint density at radius 1 is 1.26 bits per heavy atom. The molecule has 0 aliphatic heterocycles. The van der Waals surface area contributed by atoms with Crippen molar-refractivity contribution in [1.82, 2.24) is 0 Å². The van der Waals surface area contributed by atoms with E-state index in [1.165, 1.54) is 19.2 Å². The molecule has 0 bridgehead atoms. The molecular formula is C15H21ClF3NO3. The number of rotatable bonds is 5. The molecule has 8 heteroatoms. The second-order valence-electron chi connectivity index (χ2n) is 5.51. The third kappa shape index (κ3) is 5.16. The Labute approximate surface area is 139 Å². The minimum Gasteiger partial charge on any atom is -0.496 e. The Morgan fingerprint density at radius 3 is 2.39 bits per heavy atom. The van der Waals surface area contributed by atoms with Gasteiger partial charge in [-0.2, -0.15) is 0 Å². The molecule has 1 aliphatic rings. The van der Waals surface area contributed by atoms with E-state index in [1.807, 2.05) is 0 Å². The number of aliphatic hydroxyl groups is 1. The van der Waals surface area contributed by atoms with Crippen molar-refractivity contribution in [3.05, 3.63) is 23.8 Å². The molecule has 23 heavy (non-hydrogen) atoms. The van der Waals surface area contributed by atoms with Crippen LogP contribution in [0.2, 0.25) is 0 Å². The van der Waals surface area contributed by atoms with Crippen molar-refractivity contribution < 1.29 is 27.8 Å². The number of nitrogens with two attached hydrogens (primary N) is 1. The lowest BCUT2D eigenvalue weighted by atomic mass is 9.90. The van der Waals surface area contributed by atoms with Crippen molar-refractivity contribution >= 4 is 12.4 Å². The normalized spacial score (nSPS) is 18.2. The van der Waals surface area contributed by atoms with Crippen LogP contribution >= 0.6 is 12.4 Å². The third-order valence-corrected chi connectivity index (χ3v) is 4.05. The highest BCUT2D eigenvalue weighted by molar-refractivity contribution is 5.85. The highest BCUT2D eigenvalue weighted by Gasteiger charge is 2.33. The first-order valence-electron chi connectivity index (χ1n) is 7.19. The van der Waals surface area contributed by atoms with Gasteiger partial charge in [0.15, 0.2) is 0 Å². The number of aliphatic hydroxyl groups excluding tert-OH is 1. The van der Waals surface area contributed by atoms with Gasteiger partial charge in [0.1, 0.15) is 11.5 Å². The third-order valence-electron chi connectivity index (χ3n) is 4.05. The number of hydrogen-bond donors (Lipinski definition) is 2. The van der Waals surface area contributed by atoms with Gasteiger partial charge in [-0.15, -0.1) is 25.6 Å². The Bertz CT molecular complexity index is 507. The monoisotopic (exact) mass is 355 g/mol. The van der Waals surface area contributed by atoms with E-state index in [0.717, 1.165) is 31.7 Å². The molecule has 1 aromatic carbocycles. The van der Waals surface area contributed by atoms with Crippen LogP contribution in [-0.2, 0) is 0 Å². The van der Waals surface area contributed by atoms with Crippen molar-refractivity contribution in [2.75, 3.05) is 7.11 Å². The van der Waals surface area contributed by atoms with Crippen LogP contribution in [0.1, 0.15) is 37.3 Å². The lowest BCUT2D eigenvalue weighted by Gasteiger charge is -2.26. The molecule has 0 radical (unpaired) electrons. The Hall–Kier alpha value is -1.18. The summed E-state index contributed by atoms with van der Waals surface area (Å²) >= 11 is 0. The average molecular weight is 356 g/mol. The van der Waals surface area contributed by atoms with E-state index >= 15 is 0 Å². The van der Waals surface area contributed by atoms with E-state index in [9.17, 15) is 18.3 Å². The molecule has 1 aromatic rings. The van der Waals surface area contributed by atoms with Gasteiger partial charge in [0.2, 0.25) is 0 Å². The fourth-order valence-corrected chi connectivity index (χ4v) is 2.94. The molecule has 0 aromatic heterocycles. The van der Waals surface area contributed by atoms with Crippen LogP contribution < -0.4 is 15.2 Å². The minimum absolute atomic E-state index is 0. The summed E-state index contributed by atoms with van der Waals surface area (Å²) in [7, 11) is 1.34. The number of alkyl halides is 3. The van der Waals surface area contributed by atoms with E-state index in [1.54, 1.807) is 0 Å². The van der Waals surface area contributed by atoms with Gasteiger partial charge in [0.25, 0.3) is 0 Å². The van der Waals surface area contributed by atoms with Crippen molar-refractivity contribution in [3.63, 3.8) is 0 Å². The first-order chi connectivity index (χ1) is 10.3. The number of halogens is 4. The smallest absolute Gasteiger partial charge is 0.496 e. The van der Waals surface area contributed by atoms with Gasteiger partial charge in [-0.05, 0) is 30.9 Å². The zero-order valence-electron chi connectivity index (χ0n) is 12.7. The number of ether oxygens (including phenoxy) is 2. The SMILES string of the molecule is COc1cc(OC(F)(F)F)ccc1[C@H](N)[C@H](O)C1CCCC1.Cl. The number of methoxy groups -OCH3 is 1. The predicted molar refractivity (Wildman–Crippen MR) is 81.8 cm³/mol. The van der Waals surface area contributed by atoms with E-state index in [2.05, 4.69) is 4.74 Å². The van der Waals surface area contributed by atoms with Crippen molar-refractivity contribution in [3.8, 4) is 11.5 Å². The quantitative estimate of drug-likeness (QED) is 0.847. The molecule has 1 aliphatic carbocycles. The topological polar surface area (TPSA) is 64.7 Å². The van der Waals surface area contributed by atoms with Gasteiger partial charge >= 0.3 is 6.36 Å². The van der Waals surface area contributed by atoms with Gasteiger partial charge in [-0.1, -0.05) is 12.8 Å². The summed E-state index contributed by atoms with van der Waals surface area (Å²) < 4.78 is 45.7. The first-order valence-corrected chi connectivity index (χ1v) is 7.19. The molecule has 132 valence electrons. The van der Waals surface area contributed by atoms with Gasteiger partial charge in [-0.25, -0.2) is 0 Å². The van der Waals surface area contributed by atoms with Gasteiger partial charge < -0.3 is 20.3 Å². The largest absolute Gasteiger partial charge is 0.573 e. The maximum absolute atomic E-state index is 12.2. The standard InChI is InChI=1S/C15H20F3NO3.ClH/c1-21-12-8-10(22-15(16,17)18)6-7-11(12)13(19)14(20)9-4-2-3-5-9;/h6-9,13-14,20H,2-5,19H2,1H3;1H/t13-,14+;/m0./s1. The Morgan fingerprint density at radius 2 is 1.87 bits per heavy atom. The molecule has 0 amide bonds. The van der Waals surface area contributed by atoms with Crippen LogP contribution in [0, 0.1) is 5.92 Å². The van der Waals surface area contributed by atoms with E-state index < -0.39 is 18.5 Å².